The van der Waals surface area contributed by atoms with E-state index >= 15 is 0 Å². The largest absolute Gasteiger partial charge is 0.109 e. The zero-order chi connectivity index (χ0) is 14.4. The van der Waals surface area contributed by atoms with E-state index < -0.39 is 0 Å². The number of hydrogen-bond acceptors (Lipinski definition) is 0. The molecule has 0 nitrogen and oxygen atoms in total. The van der Waals surface area contributed by atoms with Gasteiger partial charge in [-0.15, -0.1) is 0 Å². The highest BCUT2D eigenvalue weighted by molar-refractivity contribution is 6.15. The van der Waals surface area contributed by atoms with Crippen molar-refractivity contribution in [2.75, 3.05) is 0 Å². The Hall–Kier alpha value is 0.0649. The molecule has 1 aliphatic carbocycles. The second kappa shape index (κ2) is 7.74. The van der Waals surface area contributed by atoms with Gasteiger partial charge < -0.3 is 0 Å². The average molecular weight is 264 g/mol. The smallest absolute Gasteiger partial charge is 0.0667 e. The van der Waals surface area contributed by atoms with Crippen molar-refractivity contribution < 1.29 is 0 Å². The fourth-order valence-corrected chi connectivity index (χ4v) is 4.63. The maximum Gasteiger partial charge on any atom is 0.109 e. The molecule has 3 atom stereocenters. The quantitative estimate of drug-likeness (QED) is 0.366. The van der Waals surface area contributed by atoms with Gasteiger partial charge in [-0.1, -0.05) is 90.8 Å². The van der Waals surface area contributed by atoms with Crippen LogP contribution in [0.1, 0.15) is 98.3 Å². The second-order valence-electron chi connectivity index (χ2n) is 8.00. The topological polar surface area (TPSA) is 0 Å². The maximum absolute atomic E-state index is 2.62. The van der Waals surface area contributed by atoms with E-state index in [4.69, 9.17) is 0 Å². The Balaban J connectivity index is 2.63. The minimum absolute atomic E-state index is 0.591. The molecular weight excluding hydrogens is 227 g/mol. The number of hydrogen-bond donors (Lipinski definition) is 0. The molecule has 0 aromatic rings. The number of unbranched alkanes of at least 4 members (excludes halogenated alkanes) is 4. The van der Waals surface area contributed by atoms with Gasteiger partial charge in [0.2, 0.25) is 0 Å². The molecule has 1 saturated carbocycles. The molecule has 0 aromatic carbocycles. The summed E-state index contributed by atoms with van der Waals surface area (Å²) in [6.07, 6.45) is 15.8. The summed E-state index contributed by atoms with van der Waals surface area (Å²) in [6.45, 7) is 9.81. The second-order valence-corrected chi connectivity index (χ2v) is 8.00. The molecule has 0 N–H and O–H groups in total. The van der Waals surface area contributed by atoms with Crippen LogP contribution in [0.15, 0.2) is 0 Å². The maximum atomic E-state index is 2.62. The summed E-state index contributed by atoms with van der Waals surface area (Å²) in [6, 6.07) is 0. The monoisotopic (exact) mass is 264 g/mol. The van der Waals surface area contributed by atoms with Crippen LogP contribution in [0.5, 0.6) is 0 Å². The average Bonchev–Trinajstić information content (AvgIpc) is 2.73. The van der Waals surface area contributed by atoms with E-state index in [1.807, 2.05) is 0 Å². The van der Waals surface area contributed by atoms with Crippen molar-refractivity contribution in [1.29, 1.82) is 0 Å². The molecule has 0 amide bonds. The molecule has 0 spiro atoms. The third kappa shape index (κ3) is 4.83. The van der Waals surface area contributed by atoms with Gasteiger partial charge in [-0.3, -0.25) is 0 Å². The summed E-state index contributed by atoms with van der Waals surface area (Å²) < 4.78 is 0. The fourth-order valence-electron chi connectivity index (χ4n) is 4.63. The van der Waals surface area contributed by atoms with E-state index in [1.54, 1.807) is 0 Å². The Labute approximate surface area is 123 Å². The van der Waals surface area contributed by atoms with Crippen LogP contribution in [0.3, 0.4) is 0 Å². The van der Waals surface area contributed by atoms with Gasteiger partial charge in [-0.2, -0.15) is 0 Å². The van der Waals surface area contributed by atoms with E-state index in [0.717, 1.165) is 5.92 Å². The molecule has 19 heavy (non-hydrogen) atoms. The highest BCUT2D eigenvalue weighted by Crippen LogP contribution is 2.57. The van der Waals surface area contributed by atoms with E-state index in [1.165, 1.54) is 70.6 Å². The van der Waals surface area contributed by atoms with E-state index in [-0.39, 0.29) is 0 Å². The molecule has 0 saturated heterocycles. The lowest BCUT2D eigenvalue weighted by Gasteiger charge is -2.44. The SMILES string of the molecule is BC1(C)CCCC1C(C)(CCCC)CCCCCC. The predicted octanol–water partition coefficient (Wildman–Crippen LogP) is 5.77. The highest BCUT2D eigenvalue weighted by atomic mass is 14.5. The van der Waals surface area contributed by atoms with Crippen LogP contribution in [0, 0.1) is 11.3 Å². The van der Waals surface area contributed by atoms with Crippen molar-refractivity contribution in [1.82, 2.24) is 0 Å². The van der Waals surface area contributed by atoms with Crippen LogP contribution >= 0.6 is 0 Å². The summed E-state index contributed by atoms with van der Waals surface area (Å²) in [5, 5.41) is 0.591. The van der Waals surface area contributed by atoms with Crippen LogP contribution in [0.4, 0.5) is 0 Å². The van der Waals surface area contributed by atoms with Crippen LogP contribution in [0.25, 0.3) is 0 Å². The van der Waals surface area contributed by atoms with Gasteiger partial charge in [0.25, 0.3) is 0 Å². The zero-order valence-electron chi connectivity index (χ0n) is 14.4. The Morgan fingerprint density at radius 3 is 2.21 bits per heavy atom. The molecule has 1 aliphatic rings. The van der Waals surface area contributed by atoms with Gasteiger partial charge in [0.15, 0.2) is 0 Å². The van der Waals surface area contributed by atoms with Crippen molar-refractivity contribution in [2.24, 2.45) is 11.3 Å². The lowest BCUT2D eigenvalue weighted by molar-refractivity contribution is 0.121. The van der Waals surface area contributed by atoms with Gasteiger partial charge in [0.05, 0.1) is 0 Å². The molecule has 0 radical (unpaired) electrons. The summed E-state index contributed by atoms with van der Waals surface area (Å²) in [7, 11) is 2.53. The standard InChI is InChI=1S/C18H37B/c1-5-7-9-10-14-17(3,13-8-6-2)16-12-11-15-18(16,4)19/h16H,5-15,19H2,1-4H3. The van der Waals surface area contributed by atoms with Gasteiger partial charge in [0, 0.05) is 0 Å². The third-order valence-corrected chi connectivity index (χ3v) is 5.80. The number of rotatable bonds is 9. The van der Waals surface area contributed by atoms with Crippen molar-refractivity contribution in [2.45, 2.75) is 104 Å². The molecular formula is C18H37B. The zero-order valence-corrected chi connectivity index (χ0v) is 14.4. The van der Waals surface area contributed by atoms with E-state index in [0.29, 0.717) is 10.7 Å². The van der Waals surface area contributed by atoms with Crippen LogP contribution in [-0.2, 0) is 0 Å². The Bertz CT molecular complexity index is 246. The van der Waals surface area contributed by atoms with Gasteiger partial charge in [-0.25, -0.2) is 0 Å². The summed E-state index contributed by atoms with van der Waals surface area (Å²) in [5.74, 6) is 0.966. The van der Waals surface area contributed by atoms with Gasteiger partial charge >= 0.3 is 0 Å². The highest BCUT2D eigenvalue weighted by Gasteiger charge is 2.44. The van der Waals surface area contributed by atoms with Crippen molar-refractivity contribution in [3.05, 3.63) is 0 Å². The fraction of sp³-hybridized carbons (Fsp3) is 1.00. The van der Waals surface area contributed by atoms with Gasteiger partial charge in [-0.05, 0) is 24.2 Å². The first-order valence-electron chi connectivity index (χ1n) is 8.96. The molecule has 3 unspecified atom stereocenters. The molecule has 0 aliphatic heterocycles. The normalized spacial score (nSPS) is 30.4. The van der Waals surface area contributed by atoms with Crippen LogP contribution in [0.2, 0.25) is 5.31 Å². The van der Waals surface area contributed by atoms with Crippen molar-refractivity contribution in [3.8, 4) is 0 Å². The molecule has 1 rings (SSSR count). The first kappa shape index (κ1) is 17.1. The molecule has 0 bridgehead atoms. The first-order chi connectivity index (χ1) is 8.96. The molecule has 1 fully saturated rings. The summed E-state index contributed by atoms with van der Waals surface area (Å²) >= 11 is 0. The minimum Gasteiger partial charge on any atom is -0.0667 e. The molecule has 0 heterocycles. The Morgan fingerprint density at radius 1 is 1.05 bits per heavy atom. The predicted molar refractivity (Wildman–Crippen MR) is 90.6 cm³/mol. The van der Waals surface area contributed by atoms with Crippen LogP contribution < -0.4 is 0 Å². The van der Waals surface area contributed by atoms with Crippen molar-refractivity contribution >= 4 is 7.85 Å². The Kier molecular flexibility index (Phi) is 6.98. The lowest BCUT2D eigenvalue weighted by Crippen LogP contribution is -2.33. The van der Waals surface area contributed by atoms with E-state index in [2.05, 4.69) is 35.5 Å². The minimum atomic E-state index is 0.591. The summed E-state index contributed by atoms with van der Waals surface area (Å²) in [4.78, 5) is 0. The van der Waals surface area contributed by atoms with Crippen molar-refractivity contribution in [3.63, 3.8) is 0 Å². The Morgan fingerprint density at radius 2 is 1.68 bits per heavy atom. The van der Waals surface area contributed by atoms with Gasteiger partial charge in [0.1, 0.15) is 7.85 Å². The molecule has 1 heteroatoms. The first-order valence-corrected chi connectivity index (χ1v) is 8.96. The molecule has 112 valence electrons. The van der Waals surface area contributed by atoms with E-state index in [9.17, 15) is 0 Å². The van der Waals surface area contributed by atoms with Crippen LogP contribution in [-0.4, -0.2) is 7.85 Å². The third-order valence-electron chi connectivity index (χ3n) is 5.80. The summed E-state index contributed by atoms with van der Waals surface area (Å²) in [5.41, 5.74) is 0.615. The molecule has 0 aromatic heterocycles. The lowest BCUT2D eigenvalue weighted by atomic mass is 9.54.